The van der Waals surface area contributed by atoms with Gasteiger partial charge in [0, 0.05) is 45.0 Å². The van der Waals surface area contributed by atoms with Gasteiger partial charge >= 0.3 is 6.03 Å². The van der Waals surface area contributed by atoms with Crippen molar-refractivity contribution in [3.05, 3.63) is 28.2 Å². The Labute approximate surface area is 164 Å². The monoisotopic (exact) mass is 398 g/mol. The molecule has 0 aliphatic carbocycles. The number of likely N-dealkylation sites (tertiary alicyclic amines) is 1. The first kappa shape index (κ1) is 19.1. The highest BCUT2D eigenvalue weighted by Gasteiger charge is 2.27. The average Bonchev–Trinajstić information content (AvgIpc) is 3.18. The summed E-state index contributed by atoms with van der Waals surface area (Å²) in [6.07, 6.45) is 2.09. The van der Waals surface area contributed by atoms with Crippen LogP contribution in [0.5, 0.6) is 0 Å². The minimum Gasteiger partial charge on any atom is -0.368 e. The molecule has 1 aromatic carbocycles. The van der Waals surface area contributed by atoms with Crippen LogP contribution in [0.3, 0.4) is 0 Å². The number of carbonyl (C=O) groups is 2. The van der Waals surface area contributed by atoms with E-state index >= 15 is 0 Å². The van der Waals surface area contributed by atoms with Crippen LogP contribution in [0.4, 0.5) is 10.5 Å². The van der Waals surface area contributed by atoms with Crippen molar-refractivity contribution in [2.24, 2.45) is 0 Å². The summed E-state index contributed by atoms with van der Waals surface area (Å²) < 4.78 is 0. The van der Waals surface area contributed by atoms with Crippen molar-refractivity contribution in [3.63, 3.8) is 0 Å². The molecule has 8 heteroatoms. The van der Waals surface area contributed by atoms with Crippen molar-refractivity contribution < 1.29 is 9.59 Å². The number of amides is 3. The summed E-state index contributed by atoms with van der Waals surface area (Å²) in [5.74, 6) is 0.00490. The van der Waals surface area contributed by atoms with Gasteiger partial charge < -0.3 is 20.0 Å². The van der Waals surface area contributed by atoms with E-state index in [-0.39, 0.29) is 11.9 Å². The number of benzene rings is 1. The molecule has 3 rings (SSSR count). The standard InChI is InChI=1S/C18H24Cl2N4O2/c1-13(17(25)23-6-2-3-7-23)21-18(26)24-10-8-22(9-11-24)14-4-5-15(19)16(20)12-14/h4-5,12-13H,2-3,6-11H2,1H3,(H,21,26). The van der Waals surface area contributed by atoms with Crippen molar-refractivity contribution >= 4 is 40.8 Å². The number of hydrogen-bond acceptors (Lipinski definition) is 3. The van der Waals surface area contributed by atoms with E-state index in [0.29, 0.717) is 36.2 Å². The van der Waals surface area contributed by atoms with E-state index in [1.165, 1.54) is 0 Å². The van der Waals surface area contributed by atoms with Crippen molar-refractivity contribution in [1.82, 2.24) is 15.1 Å². The zero-order valence-electron chi connectivity index (χ0n) is 14.9. The van der Waals surface area contributed by atoms with Gasteiger partial charge in [-0.25, -0.2) is 4.79 Å². The van der Waals surface area contributed by atoms with E-state index in [4.69, 9.17) is 23.2 Å². The quantitative estimate of drug-likeness (QED) is 0.851. The van der Waals surface area contributed by atoms with Gasteiger partial charge in [0.15, 0.2) is 0 Å². The summed E-state index contributed by atoms with van der Waals surface area (Å²) in [5, 5.41) is 3.90. The Balaban J connectivity index is 1.50. The molecule has 0 saturated carbocycles. The number of urea groups is 1. The number of nitrogens with one attached hydrogen (secondary N) is 1. The van der Waals surface area contributed by atoms with Crippen LogP contribution >= 0.6 is 23.2 Å². The molecular formula is C18H24Cl2N4O2. The molecule has 1 atom stereocenters. The fourth-order valence-electron chi connectivity index (χ4n) is 3.40. The van der Waals surface area contributed by atoms with Crippen molar-refractivity contribution in [2.45, 2.75) is 25.8 Å². The van der Waals surface area contributed by atoms with Crippen molar-refractivity contribution in [2.75, 3.05) is 44.2 Å². The van der Waals surface area contributed by atoms with Gasteiger partial charge in [0.1, 0.15) is 6.04 Å². The molecule has 2 heterocycles. The first-order valence-corrected chi connectivity index (χ1v) is 9.75. The SMILES string of the molecule is CC(NC(=O)N1CCN(c2ccc(Cl)c(Cl)c2)CC1)C(=O)N1CCCC1. The fourth-order valence-corrected chi connectivity index (χ4v) is 3.69. The van der Waals surface area contributed by atoms with Crippen LogP contribution in [-0.4, -0.2) is 67.0 Å². The molecule has 1 aromatic rings. The molecule has 2 aliphatic heterocycles. The summed E-state index contributed by atoms with van der Waals surface area (Å²) in [6, 6.07) is 4.88. The summed E-state index contributed by atoms with van der Waals surface area (Å²) >= 11 is 12.0. The molecule has 2 saturated heterocycles. The number of piperazine rings is 1. The maximum Gasteiger partial charge on any atom is 0.318 e. The van der Waals surface area contributed by atoms with Gasteiger partial charge in [-0.1, -0.05) is 23.2 Å². The number of anilines is 1. The van der Waals surface area contributed by atoms with Crippen LogP contribution in [0.25, 0.3) is 0 Å². The lowest BCUT2D eigenvalue weighted by molar-refractivity contribution is -0.131. The molecule has 0 aromatic heterocycles. The topological polar surface area (TPSA) is 55.9 Å². The highest BCUT2D eigenvalue weighted by molar-refractivity contribution is 6.42. The normalized spacial score (nSPS) is 18.8. The zero-order valence-corrected chi connectivity index (χ0v) is 16.4. The van der Waals surface area contributed by atoms with E-state index in [2.05, 4.69) is 10.2 Å². The molecule has 1 unspecified atom stereocenters. The lowest BCUT2D eigenvalue weighted by atomic mass is 10.2. The molecule has 142 valence electrons. The predicted molar refractivity (Wildman–Crippen MR) is 104 cm³/mol. The van der Waals surface area contributed by atoms with Crippen LogP contribution < -0.4 is 10.2 Å². The Bertz CT molecular complexity index is 671. The highest BCUT2D eigenvalue weighted by Crippen LogP contribution is 2.27. The lowest BCUT2D eigenvalue weighted by Crippen LogP contribution is -2.55. The molecule has 26 heavy (non-hydrogen) atoms. The van der Waals surface area contributed by atoms with Crippen LogP contribution in [0.1, 0.15) is 19.8 Å². The van der Waals surface area contributed by atoms with Gasteiger partial charge in [-0.2, -0.15) is 0 Å². The third-order valence-electron chi connectivity index (χ3n) is 4.96. The van der Waals surface area contributed by atoms with Crippen molar-refractivity contribution in [3.8, 4) is 0 Å². The third-order valence-corrected chi connectivity index (χ3v) is 5.70. The van der Waals surface area contributed by atoms with Gasteiger partial charge in [-0.15, -0.1) is 0 Å². The van der Waals surface area contributed by atoms with Gasteiger partial charge in [-0.3, -0.25) is 4.79 Å². The Morgan fingerprint density at radius 2 is 1.62 bits per heavy atom. The number of halogens is 2. The largest absolute Gasteiger partial charge is 0.368 e. The Hall–Kier alpha value is -1.66. The molecule has 2 aliphatic rings. The Morgan fingerprint density at radius 3 is 2.23 bits per heavy atom. The van der Waals surface area contributed by atoms with E-state index in [1.54, 1.807) is 17.9 Å². The molecule has 3 amide bonds. The van der Waals surface area contributed by atoms with Gasteiger partial charge in [-0.05, 0) is 38.0 Å². The fraction of sp³-hybridized carbons (Fsp3) is 0.556. The van der Waals surface area contributed by atoms with Gasteiger partial charge in [0.2, 0.25) is 5.91 Å². The second kappa shape index (κ2) is 8.35. The summed E-state index contributed by atoms with van der Waals surface area (Å²) in [6.45, 7) is 5.94. The minimum atomic E-state index is -0.492. The van der Waals surface area contributed by atoms with Crippen molar-refractivity contribution in [1.29, 1.82) is 0 Å². The molecule has 6 nitrogen and oxygen atoms in total. The van der Waals surface area contributed by atoms with Crippen LogP contribution in [0, 0.1) is 0 Å². The summed E-state index contributed by atoms with van der Waals surface area (Å²) in [4.78, 5) is 30.5. The van der Waals surface area contributed by atoms with Gasteiger partial charge in [0.25, 0.3) is 0 Å². The molecular weight excluding hydrogens is 375 g/mol. The second-order valence-electron chi connectivity index (χ2n) is 6.78. The number of hydrogen-bond donors (Lipinski definition) is 1. The third kappa shape index (κ3) is 4.35. The highest BCUT2D eigenvalue weighted by atomic mass is 35.5. The number of carbonyl (C=O) groups excluding carboxylic acids is 2. The minimum absolute atomic E-state index is 0.00490. The molecule has 0 spiro atoms. The first-order valence-electron chi connectivity index (χ1n) is 9.00. The lowest BCUT2D eigenvalue weighted by Gasteiger charge is -2.36. The first-order chi connectivity index (χ1) is 12.5. The van der Waals surface area contributed by atoms with E-state index in [0.717, 1.165) is 31.6 Å². The average molecular weight is 399 g/mol. The van der Waals surface area contributed by atoms with Crippen LogP contribution in [0.2, 0.25) is 10.0 Å². The van der Waals surface area contributed by atoms with E-state index < -0.39 is 6.04 Å². The maximum absolute atomic E-state index is 12.5. The second-order valence-corrected chi connectivity index (χ2v) is 7.59. The Morgan fingerprint density at radius 1 is 0.962 bits per heavy atom. The van der Waals surface area contributed by atoms with E-state index in [9.17, 15) is 9.59 Å². The smallest absolute Gasteiger partial charge is 0.318 e. The molecule has 1 N–H and O–H groups in total. The number of rotatable bonds is 3. The Kier molecular flexibility index (Phi) is 6.14. The summed E-state index contributed by atoms with van der Waals surface area (Å²) in [5.41, 5.74) is 0.997. The zero-order chi connectivity index (χ0) is 18.7. The van der Waals surface area contributed by atoms with Gasteiger partial charge in [0.05, 0.1) is 10.0 Å². The molecule has 0 bridgehead atoms. The summed E-state index contributed by atoms with van der Waals surface area (Å²) in [7, 11) is 0. The van der Waals surface area contributed by atoms with Crippen LogP contribution in [-0.2, 0) is 4.79 Å². The predicted octanol–water partition coefficient (Wildman–Crippen LogP) is 2.84. The molecule has 2 fully saturated rings. The molecule has 0 radical (unpaired) electrons. The maximum atomic E-state index is 12.5. The van der Waals surface area contributed by atoms with E-state index in [1.807, 2.05) is 17.0 Å². The number of nitrogens with zero attached hydrogens (tertiary/aromatic N) is 3. The van der Waals surface area contributed by atoms with Crippen LogP contribution in [0.15, 0.2) is 18.2 Å².